The minimum Gasteiger partial charge on any atom is -0.481 e. The van der Waals surface area contributed by atoms with Crippen LogP contribution in [0.15, 0.2) is 0 Å². The van der Waals surface area contributed by atoms with Gasteiger partial charge < -0.3 is 14.9 Å². The molecule has 0 aliphatic carbocycles. The van der Waals surface area contributed by atoms with Crippen LogP contribution in [0.5, 0.6) is 0 Å². The Hall–Kier alpha value is -0.610. The summed E-state index contributed by atoms with van der Waals surface area (Å²) < 4.78 is 0. The number of carboxylic acid groups (broad SMARTS) is 1. The molecule has 1 fully saturated rings. The van der Waals surface area contributed by atoms with E-state index in [-0.39, 0.29) is 0 Å². The number of rotatable bonds is 5. The van der Waals surface area contributed by atoms with E-state index in [1.807, 2.05) is 6.92 Å². The van der Waals surface area contributed by atoms with Crippen LogP contribution in [0.2, 0.25) is 0 Å². The third-order valence-corrected chi connectivity index (χ3v) is 3.15. The summed E-state index contributed by atoms with van der Waals surface area (Å²) in [7, 11) is 4.12. The van der Waals surface area contributed by atoms with Gasteiger partial charge in [-0.1, -0.05) is 0 Å². The summed E-state index contributed by atoms with van der Waals surface area (Å²) in [6.07, 6.45) is 1.90. The zero-order valence-corrected chi connectivity index (χ0v) is 9.99. The maximum atomic E-state index is 11.0. The molecule has 1 aliphatic rings. The number of carboxylic acids is 1. The molecule has 0 radical (unpaired) electrons. The number of aliphatic carboxylic acids is 1. The molecule has 4 heteroatoms. The topological polar surface area (TPSA) is 43.8 Å². The zero-order valence-electron chi connectivity index (χ0n) is 9.99. The SMILES string of the molecule is CN(C)CCCN1CCC(C)(C(=O)O)C1. The number of hydrogen-bond donors (Lipinski definition) is 1. The van der Waals surface area contributed by atoms with Gasteiger partial charge in [0.15, 0.2) is 0 Å². The van der Waals surface area contributed by atoms with E-state index in [2.05, 4.69) is 23.9 Å². The monoisotopic (exact) mass is 214 g/mol. The van der Waals surface area contributed by atoms with Gasteiger partial charge in [-0.3, -0.25) is 4.79 Å². The smallest absolute Gasteiger partial charge is 0.310 e. The molecule has 1 N–H and O–H groups in total. The molecule has 0 amide bonds. The van der Waals surface area contributed by atoms with Gasteiger partial charge in [0.25, 0.3) is 0 Å². The van der Waals surface area contributed by atoms with E-state index < -0.39 is 11.4 Å². The van der Waals surface area contributed by atoms with E-state index in [1.165, 1.54) is 0 Å². The van der Waals surface area contributed by atoms with E-state index in [9.17, 15) is 4.79 Å². The average Bonchev–Trinajstić information content (AvgIpc) is 2.48. The number of nitrogens with zero attached hydrogens (tertiary/aromatic N) is 2. The van der Waals surface area contributed by atoms with Crippen molar-refractivity contribution in [2.45, 2.75) is 19.8 Å². The molecule has 0 aromatic heterocycles. The first kappa shape index (κ1) is 12.5. The molecule has 4 nitrogen and oxygen atoms in total. The Morgan fingerprint density at radius 1 is 1.53 bits per heavy atom. The maximum absolute atomic E-state index is 11.0. The van der Waals surface area contributed by atoms with E-state index in [0.717, 1.165) is 32.5 Å². The van der Waals surface area contributed by atoms with Gasteiger partial charge in [0, 0.05) is 6.54 Å². The van der Waals surface area contributed by atoms with E-state index in [0.29, 0.717) is 6.54 Å². The largest absolute Gasteiger partial charge is 0.481 e. The van der Waals surface area contributed by atoms with Crippen LogP contribution in [0.25, 0.3) is 0 Å². The van der Waals surface area contributed by atoms with Gasteiger partial charge in [-0.25, -0.2) is 0 Å². The van der Waals surface area contributed by atoms with Gasteiger partial charge in [0.1, 0.15) is 0 Å². The second-order valence-corrected chi connectivity index (χ2v) is 5.05. The van der Waals surface area contributed by atoms with Gasteiger partial charge in [-0.15, -0.1) is 0 Å². The predicted molar refractivity (Wildman–Crippen MR) is 60.0 cm³/mol. The Balaban J connectivity index is 2.28. The lowest BCUT2D eigenvalue weighted by atomic mass is 9.90. The lowest BCUT2D eigenvalue weighted by Gasteiger charge is -2.20. The first-order valence-electron chi connectivity index (χ1n) is 5.54. The van der Waals surface area contributed by atoms with Crippen molar-refractivity contribution in [3.8, 4) is 0 Å². The van der Waals surface area contributed by atoms with Gasteiger partial charge in [0.05, 0.1) is 5.41 Å². The Bertz CT molecular complexity index is 231. The molecule has 1 saturated heterocycles. The molecule has 0 aromatic carbocycles. The van der Waals surface area contributed by atoms with Crippen LogP contribution in [0.3, 0.4) is 0 Å². The van der Waals surface area contributed by atoms with E-state index in [4.69, 9.17) is 5.11 Å². The molecule has 0 bridgehead atoms. The Morgan fingerprint density at radius 3 is 2.67 bits per heavy atom. The quantitative estimate of drug-likeness (QED) is 0.733. The van der Waals surface area contributed by atoms with Crippen LogP contribution >= 0.6 is 0 Å². The number of hydrogen-bond acceptors (Lipinski definition) is 3. The van der Waals surface area contributed by atoms with Crippen LogP contribution < -0.4 is 0 Å². The minimum atomic E-state index is -0.655. The normalized spacial score (nSPS) is 27.5. The average molecular weight is 214 g/mol. The Labute approximate surface area is 91.9 Å². The third-order valence-electron chi connectivity index (χ3n) is 3.15. The van der Waals surface area contributed by atoms with Crippen molar-refractivity contribution in [1.29, 1.82) is 0 Å². The fourth-order valence-electron chi connectivity index (χ4n) is 2.03. The van der Waals surface area contributed by atoms with Crippen molar-refractivity contribution in [3.05, 3.63) is 0 Å². The van der Waals surface area contributed by atoms with Crippen LogP contribution in [0.4, 0.5) is 0 Å². The van der Waals surface area contributed by atoms with E-state index >= 15 is 0 Å². The van der Waals surface area contributed by atoms with Crippen molar-refractivity contribution < 1.29 is 9.90 Å². The van der Waals surface area contributed by atoms with E-state index in [1.54, 1.807) is 0 Å². The fraction of sp³-hybridized carbons (Fsp3) is 0.909. The summed E-state index contributed by atoms with van der Waals surface area (Å²) >= 11 is 0. The number of carbonyl (C=O) groups is 1. The van der Waals surface area contributed by atoms with Gasteiger partial charge in [-0.2, -0.15) is 0 Å². The van der Waals surface area contributed by atoms with Gasteiger partial charge in [-0.05, 0) is 53.5 Å². The lowest BCUT2D eigenvalue weighted by Crippen LogP contribution is -2.32. The summed E-state index contributed by atoms with van der Waals surface area (Å²) in [5.74, 6) is -0.655. The predicted octanol–water partition coefficient (Wildman–Crippen LogP) is 0.735. The van der Waals surface area contributed by atoms with Crippen molar-refractivity contribution in [3.63, 3.8) is 0 Å². The van der Waals surface area contributed by atoms with Crippen molar-refractivity contribution in [2.75, 3.05) is 40.3 Å². The van der Waals surface area contributed by atoms with Crippen LogP contribution in [-0.2, 0) is 4.79 Å². The summed E-state index contributed by atoms with van der Waals surface area (Å²) in [5, 5.41) is 9.07. The highest BCUT2D eigenvalue weighted by Crippen LogP contribution is 2.29. The third kappa shape index (κ3) is 3.47. The zero-order chi connectivity index (χ0) is 11.5. The summed E-state index contributed by atoms with van der Waals surface area (Å²) in [4.78, 5) is 15.4. The summed E-state index contributed by atoms with van der Waals surface area (Å²) in [6, 6.07) is 0. The molecule has 1 heterocycles. The molecule has 15 heavy (non-hydrogen) atoms. The van der Waals surface area contributed by atoms with Crippen molar-refractivity contribution in [1.82, 2.24) is 9.80 Å². The second kappa shape index (κ2) is 4.94. The fourth-order valence-corrected chi connectivity index (χ4v) is 2.03. The highest BCUT2D eigenvalue weighted by Gasteiger charge is 2.39. The summed E-state index contributed by atoms with van der Waals surface area (Å²) in [6.45, 7) is 5.56. The molecule has 0 aromatic rings. The van der Waals surface area contributed by atoms with Crippen LogP contribution in [0, 0.1) is 5.41 Å². The molecule has 1 unspecified atom stereocenters. The minimum absolute atomic E-state index is 0.516. The Morgan fingerprint density at radius 2 is 2.20 bits per heavy atom. The molecule has 0 spiro atoms. The molecule has 0 saturated carbocycles. The second-order valence-electron chi connectivity index (χ2n) is 5.05. The highest BCUT2D eigenvalue weighted by atomic mass is 16.4. The van der Waals surface area contributed by atoms with Crippen LogP contribution in [0.1, 0.15) is 19.8 Å². The maximum Gasteiger partial charge on any atom is 0.310 e. The highest BCUT2D eigenvalue weighted by molar-refractivity contribution is 5.74. The molecule has 88 valence electrons. The lowest BCUT2D eigenvalue weighted by molar-refractivity contribution is -0.147. The molecule has 1 rings (SSSR count). The van der Waals surface area contributed by atoms with Gasteiger partial charge >= 0.3 is 5.97 Å². The molecular formula is C11H22N2O2. The first-order chi connectivity index (χ1) is 6.94. The standard InChI is InChI=1S/C11H22N2O2/c1-11(10(14)15)5-8-13(9-11)7-4-6-12(2)3/h4-9H2,1-3H3,(H,14,15). The molecular weight excluding hydrogens is 192 g/mol. The van der Waals surface area contributed by atoms with Crippen molar-refractivity contribution >= 4 is 5.97 Å². The molecule has 1 aliphatic heterocycles. The molecule has 1 atom stereocenters. The van der Waals surface area contributed by atoms with Crippen molar-refractivity contribution in [2.24, 2.45) is 5.41 Å². The van der Waals surface area contributed by atoms with Crippen LogP contribution in [-0.4, -0.2) is 61.2 Å². The number of likely N-dealkylation sites (tertiary alicyclic amines) is 1. The first-order valence-corrected chi connectivity index (χ1v) is 5.54. The van der Waals surface area contributed by atoms with Gasteiger partial charge in [0.2, 0.25) is 0 Å². The summed E-state index contributed by atoms with van der Waals surface area (Å²) in [5.41, 5.74) is -0.516. The Kier molecular flexibility index (Phi) is 4.11.